The number of thioether (sulfide) groups is 1. The minimum absolute atomic E-state index is 0.00583. The van der Waals surface area contributed by atoms with Crippen molar-refractivity contribution in [2.75, 3.05) is 24.7 Å². The van der Waals surface area contributed by atoms with Crippen molar-refractivity contribution < 1.29 is 24.2 Å². The molecule has 0 bridgehead atoms. The maximum Gasteiger partial charge on any atom is 0.407 e. The third-order valence-corrected chi connectivity index (χ3v) is 7.84. The summed E-state index contributed by atoms with van der Waals surface area (Å²) in [6, 6.07) is 15.2. The predicted octanol–water partition coefficient (Wildman–Crippen LogP) is 4.41. The molecule has 2 atom stereocenters. The van der Waals surface area contributed by atoms with E-state index >= 15 is 0 Å². The Bertz CT molecular complexity index is 1010. The first-order chi connectivity index (χ1) is 17.0. The van der Waals surface area contributed by atoms with Crippen molar-refractivity contribution in [3.05, 3.63) is 59.7 Å². The molecule has 0 saturated carbocycles. The van der Waals surface area contributed by atoms with Gasteiger partial charge in [0.2, 0.25) is 5.91 Å². The van der Waals surface area contributed by atoms with E-state index in [2.05, 4.69) is 22.8 Å². The molecule has 1 fully saturated rings. The molecular formula is C27H32N2O5S. The van der Waals surface area contributed by atoms with Crippen LogP contribution in [0.5, 0.6) is 0 Å². The third kappa shape index (κ3) is 6.57. The van der Waals surface area contributed by atoms with Crippen LogP contribution in [0.15, 0.2) is 48.5 Å². The lowest BCUT2D eigenvalue weighted by molar-refractivity contribution is -0.137. The second kappa shape index (κ2) is 12.1. The van der Waals surface area contributed by atoms with Gasteiger partial charge in [0.15, 0.2) is 0 Å². The first kappa shape index (κ1) is 25.1. The summed E-state index contributed by atoms with van der Waals surface area (Å²) in [5.74, 6) is 1.17. The van der Waals surface area contributed by atoms with Crippen LogP contribution in [0.3, 0.4) is 0 Å². The van der Waals surface area contributed by atoms with Crippen LogP contribution in [0, 0.1) is 5.92 Å². The molecule has 1 saturated heterocycles. The molecule has 2 aliphatic rings. The molecule has 1 heterocycles. The Hall–Kier alpha value is -3.00. The Labute approximate surface area is 210 Å². The van der Waals surface area contributed by atoms with E-state index in [1.54, 1.807) is 0 Å². The van der Waals surface area contributed by atoms with Crippen molar-refractivity contribution in [2.45, 2.75) is 44.1 Å². The number of fused-ring (bicyclic) bond motifs is 3. The summed E-state index contributed by atoms with van der Waals surface area (Å²) in [5.41, 5.74) is 4.46. The highest BCUT2D eigenvalue weighted by Crippen LogP contribution is 2.44. The molecule has 2 aromatic rings. The molecule has 35 heavy (non-hydrogen) atoms. The van der Waals surface area contributed by atoms with E-state index in [9.17, 15) is 14.4 Å². The number of carboxylic acid groups (broad SMARTS) is 1. The second-order valence-corrected chi connectivity index (χ2v) is 10.3. The number of ether oxygens (including phenoxy) is 1. The zero-order valence-corrected chi connectivity index (χ0v) is 20.5. The fourth-order valence-electron chi connectivity index (χ4n) is 4.86. The molecular weight excluding hydrogens is 464 g/mol. The number of benzene rings is 2. The molecule has 0 aromatic heterocycles. The van der Waals surface area contributed by atoms with E-state index in [0.29, 0.717) is 12.5 Å². The molecule has 1 aliphatic heterocycles. The number of carbonyl (C=O) groups excluding carboxylic acids is 2. The van der Waals surface area contributed by atoms with Gasteiger partial charge in [0.1, 0.15) is 12.6 Å². The van der Waals surface area contributed by atoms with Crippen LogP contribution < -0.4 is 10.6 Å². The lowest BCUT2D eigenvalue weighted by atomic mass is 9.98. The number of nitrogens with one attached hydrogen (secondary N) is 2. The number of carboxylic acids is 1. The Morgan fingerprint density at radius 2 is 1.69 bits per heavy atom. The van der Waals surface area contributed by atoms with Gasteiger partial charge >= 0.3 is 12.1 Å². The summed E-state index contributed by atoms with van der Waals surface area (Å²) in [5, 5.41) is 14.6. The largest absolute Gasteiger partial charge is 0.481 e. The monoisotopic (exact) mass is 496 g/mol. The zero-order valence-electron chi connectivity index (χ0n) is 19.7. The first-order valence-electron chi connectivity index (χ1n) is 12.2. The van der Waals surface area contributed by atoms with E-state index < -0.39 is 18.1 Å². The predicted molar refractivity (Wildman–Crippen MR) is 137 cm³/mol. The Morgan fingerprint density at radius 3 is 2.37 bits per heavy atom. The number of rotatable bonds is 9. The van der Waals surface area contributed by atoms with Crippen molar-refractivity contribution in [2.24, 2.45) is 5.92 Å². The lowest BCUT2D eigenvalue weighted by Gasteiger charge is -2.21. The van der Waals surface area contributed by atoms with Crippen LogP contribution >= 0.6 is 11.8 Å². The molecule has 7 nitrogen and oxygen atoms in total. The van der Waals surface area contributed by atoms with Crippen LogP contribution in [0.4, 0.5) is 4.79 Å². The number of carbonyl (C=O) groups is 3. The first-order valence-corrected chi connectivity index (χ1v) is 13.4. The summed E-state index contributed by atoms with van der Waals surface area (Å²) >= 11 is 1.94. The maximum absolute atomic E-state index is 12.8. The van der Waals surface area contributed by atoms with Crippen LogP contribution in [0.2, 0.25) is 0 Å². The fraction of sp³-hybridized carbons (Fsp3) is 0.444. The quantitative estimate of drug-likeness (QED) is 0.475. The third-order valence-electron chi connectivity index (χ3n) is 6.74. The van der Waals surface area contributed by atoms with Crippen molar-refractivity contribution >= 4 is 29.7 Å². The highest BCUT2D eigenvalue weighted by atomic mass is 32.2. The second-order valence-electron chi connectivity index (χ2n) is 9.11. The highest BCUT2D eigenvalue weighted by molar-refractivity contribution is 7.99. The molecule has 1 aliphatic carbocycles. The van der Waals surface area contributed by atoms with Crippen LogP contribution in [-0.2, 0) is 14.3 Å². The van der Waals surface area contributed by atoms with Gasteiger partial charge in [-0.15, -0.1) is 0 Å². The van der Waals surface area contributed by atoms with Gasteiger partial charge in [-0.25, -0.2) is 4.79 Å². The Morgan fingerprint density at radius 1 is 1.00 bits per heavy atom. The zero-order chi connectivity index (χ0) is 24.6. The fourth-order valence-corrected chi connectivity index (χ4v) is 5.94. The van der Waals surface area contributed by atoms with Crippen molar-refractivity contribution in [3.63, 3.8) is 0 Å². The van der Waals surface area contributed by atoms with E-state index in [1.807, 2.05) is 48.2 Å². The van der Waals surface area contributed by atoms with Gasteiger partial charge in [0.05, 0.1) is 0 Å². The van der Waals surface area contributed by atoms with E-state index in [0.717, 1.165) is 53.0 Å². The van der Waals surface area contributed by atoms with Gasteiger partial charge in [-0.3, -0.25) is 9.59 Å². The Balaban J connectivity index is 1.35. The van der Waals surface area contributed by atoms with Crippen LogP contribution in [0.25, 0.3) is 11.1 Å². The number of alkyl carbamates (subject to hydrolysis) is 1. The number of hydrogen-bond acceptors (Lipinski definition) is 5. The molecule has 3 N–H and O–H groups in total. The molecule has 2 unspecified atom stereocenters. The van der Waals surface area contributed by atoms with E-state index in [-0.39, 0.29) is 31.3 Å². The summed E-state index contributed by atoms with van der Waals surface area (Å²) < 4.78 is 5.56. The molecule has 186 valence electrons. The number of hydrogen-bond donors (Lipinski definition) is 3. The minimum Gasteiger partial charge on any atom is -0.481 e. The van der Waals surface area contributed by atoms with Gasteiger partial charge in [0.25, 0.3) is 0 Å². The molecule has 0 spiro atoms. The molecule has 2 amide bonds. The Kier molecular flexibility index (Phi) is 8.69. The van der Waals surface area contributed by atoms with Crippen LogP contribution in [-0.4, -0.2) is 53.8 Å². The maximum atomic E-state index is 12.8. The summed E-state index contributed by atoms with van der Waals surface area (Å²) in [4.78, 5) is 36.6. The van der Waals surface area contributed by atoms with E-state index in [1.165, 1.54) is 0 Å². The molecule has 8 heteroatoms. The molecule has 4 rings (SSSR count). The summed E-state index contributed by atoms with van der Waals surface area (Å²) in [6.45, 7) is 0.669. The highest BCUT2D eigenvalue weighted by Gasteiger charge is 2.30. The number of amides is 2. The average Bonchev–Trinajstić information content (AvgIpc) is 2.98. The average molecular weight is 497 g/mol. The van der Waals surface area contributed by atoms with Crippen LogP contribution in [0.1, 0.15) is 49.1 Å². The molecule has 2 aromatic carbocycles. The smallest absolute Gasteiger partial charge is 0.407 e. The van der Waals surface area contributed by atoms with Gasteiger partial charge < -0.3 is 20.5 Å². The summed E-state index contributed by atoms with van der Waals surface area (Å²) in [7, 11) is 0. The van der Waals surface area contributed by atoms with Crippen molar-refractivity contribution in [3.8, 4) is 11.1 Å². The van der Waals surface area contributed by atoms with E-state index in [4.69, 9.17) is 9.84 Å². The van der Waals surface area contributed by atoms with Gasteiger partial charge in [-0.05, 0) is 65.4 Å². The SMILES string of the molecule is O=C(O)CCC(NC(=O)OCC1c2ccccc2-c2ccccc21)C(=O)NCC1CCCSCC1. The molecule has 0 radical (unpaired) electrons. The minimum atomic E-state index is -1.02. The normalized spacial score (nSPS) is 18.0. The summed E-state index contributed by atoms with van der Waals surface area (Å²) in [6.07, 6.45) is 2.31. The number of aliphatic carboxylic acids is 1. The van der Waals surface area contributed by atoms with Crippen molar-refractivity contribution in [1.29, 1.82) is 0 Å². The van der Waals surface area contributed by atoms with Gasteiger partial charge in [0, 0.05) is 18.9 Å². The standard InChI is InChI=1S/C27H32N2O5S/c30-25(31)12-11-24(26(32)28-16-18-6-5-14-35-15-13-18)29-27(33)34-17-23-21-9-3-1-7-19(21)20-8-2-4-10-22(20)23/h1-4,7-10,18,23-24H,5-6,11-17H2,(H,28,32)(H,29,33)(H,30,31). The van der Waals surface area contributed by atoms with Crippen molar-refractivity contribution in [1.82, 2.24) is 10.6 Å². The van der Waals surface area contributed by atoms with Gasteiger partial charge in [-0.2, -0.15) is 11.8 Å². The topological polar surface area (TPSA) is 105 Å². The van der Waals surface area contributed by atoms with Gasteiger partial charge in [-0.1, -0.05) is 48.5 Å². The lowest BCUT2D eigenvalue weighted by Crippen LogP contribution is -2.48.